The van der Waals surface area contributed by atoms with Crippen LogP contribution in [-0.2, 0) is 0 Å². The minimum Gasteiger partial charge on any atom is -0.478 e. The number of carboxylic acid groups (broad SMARTS) is 1. The molecule has 0 atom stereocenters. The van der Waals surface area contributed by atoms with Gasteiger partial charge in [0.2, 0.25) is 5.95 Å². The summed E-state index contributed by atoms with van der Waals surface area (Å²) >= 11 is 5.82. The molecule has 0 aliphatic heterocycles. The van der Waals surface area contributed by atoms with E-state index in [0.717, 1.165) is 6.07 Å². The molecule has 0 aliphatic carbocycles. The number of carboxylic acids is 1. The van der Waals surface area contributed by atoms with Gasteiger partial charge in [0.15, 0.2) is 5.75 Å². The number of carbonyl (C=O) groups is 1. The molecule has 3 aromatic rings. The van der Waals surface area contributed by atoms with Gasteiger partial charge in [-0.05, 0) is 36.4 Å². The van der Waals surface area contributed by atoms with Gasteiger partial charge in [0.1, 0.15) is 0 Å². The zero-order valence-electron chi connectivity index (χ0n) is 12.2. The minimum absolute atomic E-state index is 0.0365. The number of nitrogens with zero attached hydrogens (tertiary/aromatic N) is 1. The number of hydrogen-bond acceptors (Lipinski definition) is 4. The van der Waals surface area contributed by atoms with E-state index in [1.807, 2.05) is 0 Å². The van der Waals surface area contributed by atoms with Gasteiger partial charge in [0.05, 0.1) is 22.3 Å². The predicted molar refractivity (Wildman–Crippen MR) is 84.5 cm³/mol. The number of rotatable bonds is 4. The number of anilines is 2. The first-order valence-corrected chi connectivity index (χ1v) is 7.14. The van der Waals surface area contributed by atoms with E-state index in [1.165, 1.54) is 30.3 Å². The number of imidazole rings is 1. The highest BCUT2D eigenvalue weighted by atomic mass is 35.5. The third-order valence-electron chi connectivity index (χ3n) is 3.15. The minimum atomic E-state index is -4.87. The number of alkyl halides is 3. The molecule has 130 valence electrons. The molecular formula is C15H9ClF3N3O3. The number of H-pyrrole nitrogens is 1. The van der Waals surface area contributed by atoms with Crippen molar-refractivity contribution in [2.24, 2.45) is 0 Å². The van der Waals surface area contributed by atoms with Gasteiger partial charge in [-0.3, -0.25) is 0 Å². The first-order chi connectivity index (χ1) is 11.7. The Bertz CT molecular complexity index is 956. The Labute approximate surface area is 143 Å². The van der Waals surface area contributed by atoms with E-state index < -0.39 is 18.1 Å². The maximum atomic E-state index is 12.5. The topological polar surface area (TPSA) is 87.2 Å². The van der Waals surface area contributed by atoms with E-state index in [-0.39, 0.29) is 22.2 Å². The third-order valence-corrected chi connectivity index (χ3v) is 3.39. The Morgan fingerprint density at radius 3 is 2.68 bits per heavy atom. The van der Waals surface area contributed by atoms with Gasteiger partial charge in [0, 0.05) is 5.02 Å². The van der Waals surface area contributed by atoms with E-state index in [2.05, 4.69) is 20.0 Å². The lowest BCUT2D eigenvalue weighted by Crippen LogP contribution is -2.18. The smallest absolute Gasteiger partial charge is 0.478 e. The highest BCUT2D eigenvalue weighted by Crippen LogP contribution is 2.34. The number of halogens is 4. The van der Waals surface area contributed by atoms with Gasteiger partial charge in [-0.1, -0.05) is 11.6 Å². The van der Waals surface area contributed by atoms with Crippen LogP contribution in [0.5, 0.6) is 5.75 Å². The number of aromatic nitrogens is 2. The summed E-state index contributed by atoms with van der Waals surface area (Å²) in [5.41, 5.74) is 0.826. The summed E-state index contributed by atoms with van der Waals surface area (Å²) in [5, 5.41) is 11.8. The molecule has 1 aromatic heterocycles. The molecule has 0 fully saturated rings. The fourth-order valence-electron chi connectivity index (χ4n) is 2.14. The molecule has 3 rings (SSSR count). The van der Waals surface area contributed by atoms with Crippen molar-refractivity contribution >= 4 is 40.2 Å². The zero-order chi connectivity index (χ0) is 18.2. The van der Waals surface area contributed by atoms with Crippen LogP contribution in [0, 0.1) is 0 Å². The molecule has 3 N–H and O–H groups in total. The molecular weight excluding hydrogens is 363 g/mol. The van der Waals surface area contributed by atoms with Crippen LogP contribution >= 0.6 is 11.6 Å². The van der Waals surface area contributed by atoms with Crippen molar-refractivity contribution in [3.05, 3.63) is 47.0 Å². The zero-order valence-corrected chi connectivity index (χ0v) is 12.9. The quantitative estimate of drug-likeness (QED) is 0.626. The summed E-state index contributed by atoms with van der Waals surface area (Å²) in [5.74, 6) is -1.49. The SMILES string of the molecule is O=C(O)c1ccc2[nH]c(Nc3cc(Cl)ccc3OC(F)(F)F)nc2c1. The van der Waals surface area contributed by atoms with Gasteiger partial charge in [-0.25, -0.2) is 9.78 Å². The second kappa shape index (κ2) is 6.17. The van der Waals surface area contributed by atoms with Crippen molar-refractivity contribution < 1.29 is 27.8 Å². The number of hydrogen-bond donors (Lipinski definition) is 3. The second-order valence-electron chi connectivity index (χ2n) is 4.94. The van der Waals surface area contributed by atoms with E-state index in [0.29, 0.717) is 11.0 Å². The fraction of sp³-hybridized carbons (Fsp3) is 0.0667. The number of ether oxygens (including phenoxy) is 1. The van der Waals surface area contributed by atoms with Crippen molar-refractivity contribution in [1.82, 2.24) is 9.97 Å². The van der Waals surface area contributed by atoms with Crippen LogP contribution in [0.1, 0.15) is 10.4 Å². The lowest BCUT2D eigenvalue weighted by atomic mass is 10.2. The molecule has 25 heavy (non-hydrogen) atoms. The van der Waals surface area contributed by atoms with Gasteiger partial charge >= 0.3 is 12.3 Å². The van der Waals surface area contributed by atoms with Crippen molar-refractivity contribution in [2.75, 3.05) is 5.32 Å². The first-order valence-electron chi connectivity index (χ1n) is 6.77. The molecule has 0 aliphatic rings. The maximum absolute atomic E-state index is 12.5. The molecule has 0 radical (unpaired) electrons. The van der Waals surface area contributed by atoms with E-state index >= 15 is 0 Å². The highest BCUT2D eigenvalue weighted by molar-refractivity contribution is 6.31. The standard InChI is InChI=1S/C15H9ClF3N3O3/c16-8-2-4-12(25-15(17,18)19)11(6-8)22-14-20-9-3-1-7(13(23)24)5-10(9)21-14/h1-6H,(H,23,24)(H2,20,21,22). The van der Waals surface area contributed by atoms with Gasteiger partial charge < -0.3 is 20.1 Å². The second-order valence-corrected chi connectivity index (χ2v) is 5.37. The number of aromatic amines is 1. The summed E-state index contributed by atoms with van der Waals surface area (Å²) in [7, 11) is 0. The molecule has 0 saturated carbocycles. The lowest BCUT2D eigenvalue weighted by Gasteiger charge is -2.13. The third kappa shape index (κ3) is 3.94. The van der Waals surface area contributed by atoms with Crippen molar-refractivity contribution in [2.45, 2.75) is 6.36 Å². The fourth-order valence-corrected chi connectivity index (χ4v) is 2.31. The highest BCUT2D eigenvalue weighted by Gasteiger charge is 2.32. The van der Waals surface area contributed by atoms with E-state index in [4.69, 9.17) is 16.7 Å². The van der Waals surface area contributed by atoms with Gasteiger partial charge in [-0.15, -0.1) is 13.2 Å². The van der Waals surface area contributed by atoms with Crippen LogP contribution in [0.2, 0.25) is 5.02 Å². The molecule has 0 amide bonds. The average Bonchev–Trinajstić information content (AvgIpc) is 2.90. The first kappa shape index (κ1) is 16.9. The Morgan fingerprint density at radius 2 is 2.00 bits per heavy atom. The summed E-state index contributed by atoms with van der Waals surface area (Å²) < 4.78 is 41.4. The summed E-state index contributed by atoms with van der Waals surface area (Å²) in [6, 6.07) is 7.80. The molecule has 0 spiro atoms. The normalized spacial score (nSPS) is 11.5. The largest absolute Gasteiger partial charge is 0.573 e. The van der Waals surface area contributed by atoms with E-state index in [1.54, 1.807) is 0 Å². The van der Waals surface area contributed by atoms with Crippen molar-refractivity contribution in [1.29, 1.82) is 0 Å². The predicted octanol–water partition coefficient (Wildman–Crippen LogP) is 4.56. The van der Waals surface area contributed by atoms with Crippen molar-refractivity contribution in [3.8, 4) is 5.75 Å². The number of nitrogens with one attached hydrogen (secondary N) is 2. The molecule has 0 unspecified atom stereocenters. The van der Waals surface area contributed by atoms with Crippen LogP contribution < -0.4 is 10.1 Å². The van der Waals surface area contributed by atoms with Crippen LogP contribution in [0.3, 0.4) is 0 Å². The van der Waals surface area contributed by atoms with Crippen LogP contribution in [0.4, 0.5) is 24.8 Å². The van der Waals surface area contributed by atoms with Crippen LogP contribution in [-0.4, -0.2) is 27.4 Å². The molecule has 6 nitrogen and oxygen atoms in total. The Balaban J connectivity index is 1.95. The summed E-state index contributed by atoms with van der Waals surface area (Å²) in [6.07, 6.45) is -4.87. The summed E-state index contributed by atoms with van der Waals surface area (Å²) in [6.45, 7) is 0. The molecule has 2 aromatic carbocycles. The summed E-state index contributed by atoms with van der Waals surface area (Å²) in [4.78, 5) is 17.9. The lowest BCUT2D eigenvalue weighted by molar-refractivity contribution is -0.274. The maximum Gasteiger partial charge on any atom is 0.573 e. The Kier molecular flexibility index (Phi) is 4.17. The van der Waals surface area contributed by atoms with E-state index in [9.17, 15) is 18.0 Å². The Hall–Kier alpha value is -2.94. The monoisotopic (exact) mass is 371 g/mol. The van der Waals surface area contributed by atoms with Crippen LogP contribution in [0.15, 0.2) is 36.4 Å². The molecule has 1 heterocycles. The number of aromatic carboxylic acids is 1. The van der Waals surface area contributed by atoms with Gasteiger partial charge in [0.25, 0.3) is 0 Å². The molecule has 10 heteroatoms. The Morgan fingerprint density at radius 1 is 1.24 bits per heavy atom. The van der Waals surface area contributed by atoms with Crippen LogP contribution in [0.25, 0.3) is 11.0 Å². The number of fused-ring (bicyclic) bond motifs is 1. The van der Waals surface area contributed by atoms with Gasteiger partial charge in [-0.2, -0.15) is 0 Å². The van der Waals surface area contributed by atoms with Crippen molar-refractivity contribution in [3.63, 3.8) is 0 Å². The average molecular weight is 372 g/mol. The number of benzene rings is 2. The molecule has 0 saturated heterocycles. The molecule has 0 bridgehead atoms.